The van der Waals surface area contributed by atoms with E-state index in [4.69, 9.17) is 9.47 Å². The Morgan fingerprint density at radius 3 is 2.89 bits per heavy atom. The molecule has 0 radical (unpaired) electrons. The zero-order valence-corrected chi connectivity index (χ0v) is 15.9. The molecule has 1 aliphatic heterocycles. The number of carbonyl (C=O) groups is 1. The molecular weight excluding hydrogens is 354 g/mol. The van der Waals surface area contributed by atoms with E-state index in [0.29, 0.717) is 32.5 Å². The predicted molar refractivity (Wildman–Crippen MR) is 106 cm³/mol. The number of carbonyl (C=O) groups excluding carboxylic acids is 1. The SMILES string of the molecule is COc1ccc2cc(C3CN(C(=O)CCc4cnccn4)CCO3)ccc2c1. The zero-order valence-electron chi connectivity index (χ0n) is 15.9. The smallest absolute Gasteiger partial charge is 0.223 e. The fourth-order valence-electron chi connectivity index (χ4n) is 3.50. The molecule has 2 aromatic carbocycles. The first-order chi connectivity index (χ1) is 13.7. The molecule has 1 saturated heterocycles. The van der Waals surface area contributed by atoms with Crippen LogP contribution in [0, 0.1) is 0 Å². The molecule has 2 heterocycles. The number of benzene rings is 2. The van der Waals surface area contributed by atoms with Crippen LogP contribution in [0.1, 0.15) is 23.8 Å². The predicted octanol–water partition coefficient (Wildman–Crippen LogP) is 3.17. The lowest BCUT2D eigenvalue weighted by molar-refractivity contribution is -0.139. The third-order valence-electron chi connectivity index (χ3n) is 5.07. The van der Waals surface area contributed by atoms with Crippen molar-refractivity contribution in [2.45, 2.75) is 18.9 Å². The lowest BCUT2D eigenvalue weighted by Gasteiger charge is -2.33. The van der Waals surface area contributed by atoms with E-state index in [2.05, 4.69) is 28.2 Å². The molecule has 1 fully saturated rings. The van der Waals surface area contributed by atoms with Gasteiger partial charge in [0.05, 0.1) is 26.0 Å². The molecule has 28 heavy (non-hydrogen) atoms. The quantitative estimate of drug-likeness (QED) is 0.683. The van der Waals surface area contributed by atoms with Gasteiger partial charge in [-0.25, -0.2) is 0 Å². The van der Waals surface area contributed by atoms with Crippen molar-refractivity contribution in [2.24, 2.45) is 0 Å². The molecular formula is C22H23N3O3. The van der Waals surface area contributed by atoms with Crippen molar-refractivity contribution in [3.05, 3.63) is 66.2 Å². The van der Waals surface area contributed by atoms with Crippen molar-refractivity contribution in [2.75, 3.05) is 26.8 Å². The Morgan fingerprint density at radius 2 is 2.07 bits per heavy atom. The van der Waals surface area contributed by atoms with E-state index in [1.54, 1.807) is 25.7 Å². The molecule has 144 valence electrons. The number of ether oxygens (including phenoxy) is 2. The monoisotopic (exact) mass is 377 g/mol. The summed E-state index contributed by atoms with van der Waals surface area (Å²) < 4.78 is 11.2. The second-order valence-corrected chi connectivity index (χ2v) is 6.87. The molecule has 1 atom stereocenters. The van der Waals surface area contributed by atoms with Crippen LogP contribution in [0.5, 0.6) is 5.75 Å². The van der Waals surface area contributed by atoms with Gasteiger partial charge in [0.1, 0.15) is 11.9 Å². The number of nitrogens with zero attached hydrogens (tertiary/aromatic N) is 3. The van der Waals surface area contributed by atoms with Gasteiger partial charge in [0.25, 0.3) is 0 Å². The van der Waals surface area contributed by atoms with Gasteiger partial charge in [-0.05, 0) is 41.0 Å². The summed E-state index contributed by atoms with van der Waals surface area (Å²) in [6, 6.07) is 12.3. The Labute approximate surface area is 164 Å². The summed E-state index contributed by atoms with van der Waals surface area (Å²) in [5, 5.41) is 2.25. The van der Waals surface area contributed by atoms with E-state index in [0.717, 1.165) is 27.8 Å². The van der Waals surface area contributed by atoms with Crippen LogP contribution in [0.15, 0.2) is 55.0 Å². The number of morpholine rings is 1. The summed E-state index contributed by atoms with van der Waals surface area (Å²) in [7, 11) is 1.67. The third-order valence-corrected chi connectivity index (χ3v) is 5.07. The molecule has 6 nitrogen and oxygen atoms in total. The van der Waals surface area contributed by atoms with Gasteiger partial charge < -0.3 is 14.4 Å². The van der Waals surface area contributed by atoms with Crippen molar-refractivity contribution < 1.29 is 14.3 Å². The molecule has 1 amide bonds. The van der Waals surface area contributed by atoms with Gasteiger partial charge in [-0.15, -0.1) is 0 Å². The van der Waals surface area contributed by atoms with Crippen LogP contribution in [0.3, 0.4) is 0 Å². The summed E-state index contributed by atoms with van der Waals surface area (Å²) in [6.07, 6.45) is 5.92. The number of hydrogen-bond donors (Lipinski definition) is 0. The van der Waals surface area contributed by atoms with Crippen LogP contribution < -0.4 is 4.74 Å². The molecule has 0 N–H and O–H groups in total. The first-order valence-electron chi connectivity index (χ1n) is 9.45. The largest absolute Gasteiger partial charge is 0.497 e. The first-order valence-corrected chi connectivity index (χ1v) is 9.45. The number of fused-ring (bicyclic) bond motifs is 1. The van der Waals surface area contributed by atoms with E-state index in [1.165, 1.54) is 0 Å². The van der Waals surface area contributed by atoms with Crippen molar-refractivity contribution in [3.8, 4) is 5.75 Å². The van der Waals surface area contributed by atoms with Gasteiger partial charge in [0.2, 0.25) is 5.91 Å². The van der Waals surface area contributed by atoms with E-state index < -0.39 is 0 Å². The number of aryl methyl sites for hydroxylation is 1. The van der Waals surface area contributed by atoms with Crippen molar-refractivity contribution in [1.29, 1.82) is 0 Å². The summed E-state index contributed by atoms with van der Waals surface area (Å²) >= 11 is 0. The zero-order chi connectivity index (χ0) is 19.3. The summed E-state index contributed by atoms with van der Waals surface area (Å²) in [5.41, 5.74) is 1.93. The highest BCUT2D eigenvalue weighted by atomic mass is 16.5. The standard InChI is InChI=1S/C22H23N3O3/c1-27-20-6-4-16-12-18(3-2-17(16)13-20)21-15-25(10-11-28-21)22(26)7-5-19-14-23-8-9-24-19/h2-4,6,8-9,12-14,21H,5,7,10-11,15H2,1H3. The second-order valence-electron chi connectivity index (χ2n) is 6.87. The lowest BCUT2D eigenvalue weighted by atomic mass is 10.0. The second kappa shape index (κ2) is 8.35. The van der Waals surface area contributed by atoms with E-state index >= 15 is 0 Å². The molecule has 1 aliphatic rings. The van der Waals surface area contributed by atoms with Crippen molar-refractivity contribution in [1.82, 2.24) is 14.9 Å². The minimum atomic E-state index is -0.110. The average molecular weight is 377 g/mol. The van der Waals surface area contributed by atoms with Gasteiger partial charge in [-0.1, -0.05) is 18.2 Å². The summed E-state index contributed by atoms with van der Waals surface area (Å²) in [4.78, 5) is 22.8. The highest BCUT2D eigenvalue weighted by molar-refractivity contribution is 5.84. The maximum Gasteiger partial charge on any atom is 0.223 e. The Morgan fingerprint density at radius 1 is 1.21 bits per heavy atom. The van der Waals surface area contributed by atoms with E-state index in [9.17, 15) is 4.79 Å². The topological polar surface area (TPSA) is 64.5 Å². The highest BCUT2D eigenvalue weighted by Crippen LogP contribution is 2.28. The number of methoxy groups -OCH3 is 1. The minimum Gasteiger partial charge on any atom is -0.497 e. The molecule has 1 aromatic heterocycles. The van der Waals surface area contributed by atoms with E-state index in [1.807, 2.05) is 23.1 Å². The van der Waals surface area contributed by atoms with Crippen LogP contribution in [-0.4, -0.2) is 47.6 Å². The molecule has 0 saturated carbocycles. The Kier molecular flexibility index (Phi) is 5.48. The fourth-order valence-corrected chi connectivity index (χ4v) is 3.50. The Hall–Kier alpha value is -2.99. The maximum absolute atomic E-state index is 12.6. The molecule has 0 aliphatic carbocycles. The van der Waals surface area contributed by atoms with Crippen molar-refractivity contribution >= 4 is 16.7 Å². The van der Waals surface area contributed by atoms with Crippen LogP contribution >= 0.6 is 0 Å². The summed E-state index contributed by atoms with van der Waals surface area (Å²) in [6.45, 7) is 1.74. The normalized spacial score (nSPS) is 16.9. The number of amides is 1. The molecule has 3 aromatic rings. The van der Waals surface area contributed by atoms with E-state index in [-0.39, 0.29) is 12.0 Å². The minimum absolute atomic E-state index is 0.110. The third kappa shape index (κ3) is 4.12. The van der Waals surface area contributed by atoms with Crippen LogP contribution in [0.4, 0.5) is 0 Å². The first kappa shape index (κ1) is 18.4. The Balaban J connectivity index is 1.43. The molecule has 4 rings (SSSR count). The van der Waals surface area contributed by atoms with Gasteiger partial charge in [-0.3, -0.25) is 14.8 Å². The van der Waals surface area contributed by atoms with Gasteiger partial charge in [0.15, 0.2) is 0 Å². The van der Waals surface area contributed by atoms with Gasteiger partial charge in [0, 0.05) is 31.6 Å². The molecule has 0 spiro atoms. The highest BCUT2D eigenvalue weighted by Gasteiger charge is 2.25. The van der Waals surface area contributed by atoms with Gasteiger partial charge >= 0.3 is 0 Å². The fraction of sp³-hybridized carbons (Fsp3) is 0.318. The molecule has 6 heteroatoms. The van der Waals surface area contributed by atoms with Crippen molar-refractivity contribution in [3.63, 3.8) is 0 Å². The summed E-state index contributed by atoms with van der Waals surface area (Å²) in [5.74, 6) is 0.971. The lowest BCUT2D eigenvalue weighted by Crippen LogP contribution is -2.42. The van der Waals surface area contributed by atoms with Crippen LogP contribution in [-0.2, 0) is 16.0 Å². The molecule has 1 unspecified atom stereocenters. The molecule has 0 bridgehead atoms. The number of aromatic nitrogens is 2. The van der Waals surface area contributed by atoms with Crippen LogP contribution in [0.25, 0.3) is 10.8 Å². The number of rotatable bonds is 5. The maximum atomic E-state index is 12.6. The number of hydrogen-bond acceptors (Lipinski definition) is 5. The van der Waals surface area contributed by atoms with Gasteiger partial charge in [-0.2, -0.15) is 0 Å². The average Bonchev–Trinajstić information content (AvgIpc) is 2.77. The Bertz CT molecular complexity index is 962. The van der Waals surface area contributed by atoms with Crippen LogP contribution in [0.2, 0.25) is 0 Å².